The molecule has 0 saturated carbocycles. The number of amides is 10. The summed E-state index contributed by atoms with van der Waals surface area (Å²) in [7, 11) is 0. The number of guanidine groups is 3. The Morgan fingerprint density at radius 2 is 0.990 bits per heavy atom. The van der Waals surface area contributed by atoms with Gasteiger partial charge in [-0.1, -0.05) is 107 Å². The highest BCUT2D eigenvalue weighted by Crippen LogP contribution is 2.22. The first-order valence-electron chi connectivity index (χ1n) is 35.2. The molecule has 0 radical (unpaired) electrons. The Hall–Kier alpha value is -10.6. The molecular formula is C70H109N21O13. The third-order valence-corrected chi connectivity index (χ3v) is 17.1. The van der Waals surface area contributed by atoms with Crippen molar-refractivity contribution in [1.29, 1.82) is 0 Å². The first-order valence-corrected chi connectivity index (χ1v) is 35.2. The fourth-order valence-corrected chi connectivity index (χ4v) is 11.4. The van der Waals surface area contributed by atoms with Gasteiger partial charge in [0.1, 0.15) is 54.1 Å². The van der Waals surface area contributed by atoms with Crippen molar-refractivity contribution in [2.75, 3.05) is 45.8 Å². The van der Waals surface area contributed by atoms with Crippen LogP contribution in [0.3, 0.4) is 0 Å². The van der Waals surface area contributed by atoms with E-state index < -0.39 is 138 Å². The summed E-state index contributed by atoms with van der Waals surface area (Å²) < 4.78 is 0. The summed E-state index contributed by atoms with van der Waals surface area (Å²) in [6.45, 7) is 6.71. The van der Waals surface area contributed by atoms with E-state index >= 15 is 0 Å². The van der Waals surface area contributed by atoms with Crippen LogP contribution in [0.25, 0.3) is 0 Å². The summed E-state index contributed by atoms with van der Waals surface area (Å²) in [6.07, 6.45) is 2.20. The molecule has 3 aromatic rings. The fourth-order valence-electron chi connectivity index (χ4n) is 11.4. The second-order valence-corrected chi connectivity index (χ2v) is 26.1. The van der Waals surface area contributed by atoms with Gasteiger partial charge in [-0.15, -0.1) is 0 Å². The SMILES string of the molecule is CC[C@H](C)[C@H](NC(=O)[C@H](CCCN=C(N)N)NC(=O)[C@H](CCCN=C(N)N)NC(=O)[C@H](CC(C)C)NC(=O)[C@H](Cc1ccccc1)NC(=O)CNC(=O)CNC(=O)[C@H](Cc1ccc(O)cc1)NCc1ccccc1)C(=O)N[C@@H](CCCN=C(N)N)C(=O)N1CCC[C@@H]1C(=O)N[C@@H](CCCCN)C(=O)O. The molecule has 34 nitrogen and oxygen atoms in total. The molecule has 10 atom stereocenters. The van der Waals surface area contributed by atoms with E-state index in [1.54, 1.807) is 70.2 Å². The average molecular weight is 1450 g/mol. The first-order chi connectivity index (χ1) is 49.6. The molecule has 1 fully saturated rings. The van der Waals surface area contributed by atoms with Gasteiger partial charge >= 0.3 is 5.97 Å². The van der Waals surface area contributed by atoms with Crippen molar-refractivity contribution in [2.45, 2.75) is 185 Å². The smallest absolute Gasteiger partial charge is 0.326 e. The monoisotopic (exact) mass is 1450 g/mol. The zero-order chi connectivity index (χ0) is 76.7. The standard InChI is InChI=1S/C70H109N21O13/c1-5-43(4)58(65(101)87-50(25-16-34-80-70(76)77)66(102)91-35-17-26-55(91)64(100)88-51(67(103)104)22-12-13-31-71)90-61(97)49(24-15-33-79-69(74)75)85-60(96)48(23-14-32-78-68(72)73)86-62(98)53(36-42(2)3)89-63(99)54(38-44-18-8-6-9-19-44)84-57(94)41-82-56(93)40-83-59(95)52(37-45-27-29-47(92)30-28-45)81-39-46-20-10-7-11-21-46/h6-11,18-21,27-30,42-43,48-55,58,81,92H,5,12-17,22-26,31-41,71H2,1-4H3,(H,82,93)(H,83,95)(H,84,94)(H,85,96)(H,86,98)(H,87,101)(H,88,100)(H,89,99)(H,90,97)(H,103,104)(H4,72,73,78)(H4,74,75,79)(H4,76,77,80)/t43-,48-,49-,50-,51-,52-,53-,54-,55+,58-/m0/s1. The van der Waals surface area contributed by atoms with Crippen molar-refractivity contribution in [3.8, 4) is 5.75 Å². The molecule has 1 aliphatic rings. The van der Waals surface area contributed by atoms with Gasteiger partial charge < -0.3 is 108 Å². The molecule has 0 aliphatic carbocycles. The number of aliphatic carboxylic acids is 1. The Kier molecular flexibility index (Phi) is 38.0. The zero-order valence-electron chi connectivity index (χ0n) is 59.9. The number of phenols is 1. The van der Waals surface area contributed by atoms with Crippen LogP contribution in [-0.2, 0) is 72.1 Å². The predicted octanol–water partition coefficient (Wildman–Crippen LogP) is -2.58. The fraction of sp³-hybridized carbons (Fsp3) is 0.543. The number of nitrogens with two attached hydrogens (primary N) is 7. The molecule has 1 aliphatic heterocycles. The minimum atomic E-state index is -1.45. The van der Waals surface area contributed by atoms with Crippen molar-refractivity contribution in [3.05, 3.63) is 102 Å². The van der Waals surface area contributed by atoms with Gasteiger partial charge in [-0.3, -0.25) is 62.9 Å². The number of carboxylic acids is 1. The molecule has 0 unspecified atom stereocenters. The molecule has 0 aromatic heterocycles. The van der Waals surface area contributed by atoms with Crippen LogP contribution in [0.1, 0.15) is 128 Å². The van der Waals surface area contributed by atoms with E-state index in [-0.39, 0.29) is 126 Å². The second-order valence-electron chi connectivity index (χ2n) is 26.1. The number of carbonyl (C=O) groups is 11. The lowest BCUT2D eigenvalue weighted by Crippen LogP contribution is -2.61. The Morgan fingerprint density at radius 1 is 0.510 bits per heavy atom. The summed E-state index contributed by atoms with van der Waals surface area (Å²) >= 11 is 0. The largest absolute Gasteiger partial charge is 0.508 e. The summed E-state index contributed by atoms with van der Waals surface area (Å²) in [5, 5.41) is 47.1. The summed E-state index contributed by atoms with van der Waals surface area (Å²) in [4.78, 5) is 168. The highest BCUT2D eigenvalue weighted by atomic mass is 16.4. The van der Waals surface area contributed by atoms with Crippen LogP contribution in [0.4, 0.5) is 0 Å². The molecule has 10 amide bonds. The number of rotatable bonds is 47. The summed E-state index contributed by atoms with van der Waals surface area (Å²) in [5.74, 6) is -10.3. The molecule has 0 spiro atoms. The van der Waals surface area contributed by atoms with Crippen LogP contribution < -0.4 is 93.3 Å². The maximum Gasteiger partial charge on any atom is 0.326 e. The lowest BCUT2D eigenvalue weighted by atomic mass is 9.96. The van der Waals surface area contributed by atoms with Gasteiger partial charge in [-0.05, 0) is 131 Å². The van der Waals surface area contributed by atoms with E-state index in [1.807, 2.05) is 30.3 Å². The lowest BCUT2D eigenvalue weighted by Gasteiger charge is -2.32. The van der Waals surface area contributed by atoms with Crippen molar-refractivity contribution in [2.24, 2.45) is 66.9 Å². The molecule has 104 heavy (non-hydrogen) atoms. The molecule has 4 rings (SSSR count). The van der Waals surface area contributed by atoms with Gasteiger partial charge in [0.2, 0.25) is 59.1 Å². The predicted molar refractivity (Wildman–Crippen MR) is 392 cm³/mol. The van der Waals surface area contributed by atoms with Crippen LogP contribution in [0.5, 0.6) is 5.75 Å². The number of hydrogen-bond donors (Lipinski definition) is 19. The molecule has 26 N–H and O–H groups in total. The van der Waals surface area contributed by atoms with Crippen molar-refractivity contribution >= 4 is 82.9 Å². The van der Waals surface area contributed by atoms with E-state index in [1.165, 1.54) is 17.0 Å². The van der Waals surface area contributed by atoms with Gasteiger partial charge in [0.25, 0.3) is 0 Å². The molecule has 0 bridgehead atoms. The third kappa shape index (κ3) is 32.1. The molecule has 572 valence electrons. The molecule has 34 heteroatoms. The first kappa shape index (κ1) is 85.8. The summed E-state index contributed by atoms with van der Waals surface area (Å²) in [6, 6.07) is 13.0. The minimum Gasteiger partial charge on any atom is -0.508 e. The normalized spacial score (nSPS) is 15.1. The number of hydrogen-bond acceptors (Lipinski definition) is 17. The van der Waals surface area contributed by atoms with E-state index in [9.17, 15) is 63.0 Å². The van der Waals surface area contributed by atoms with Gasteiger partial charge in [-0.2, -0.15) is 0 Å². The topological polar surface area (TPSA) is 571 Å². The number of carboxylic acid groups (broad SMARTS) is 1. The van der Waals surface area contributed by atoms with Crippen LogP contribution in [0, 0.1) is 11.8 Å². The summed E-state index contributed by atoms with van der Waals surface area (Å²) in [5.41, 5.74) is 41.6. The number of aliphatic imine (C=N–C) groups is 3. The Morgan fingerprint density at radius 3 is 1.53 bits per heavy atom. The number of unbranched alkanes of at least 4 members (excludes halogenated alkanes) is 1. The van der Waals surface area contributed by atoms with Crippen molar-refractivity contribution in [3.63, 3.8) is 0 Å². The van der Waals surface area contributed by atoms with Gasteiger partial charge in [0.15, 0.2) is 17.9 Å². The number of likely N-dealkylation sites (tertiary alicyclic amines) is 1. The van der Waals surface area contributed by atoms with Crippen LogP contribution in [0.15, 0.2) is 99.9 Å². The molecule has 1 saturated heterocycles. The van der Waals surface area contributed by atoms with Gasteiger partial charge in [0, 0.05) is 39.1 Å². The van der Waals surface area contributed by atoms with Crippen LogP contribution in [-0.4, -0.2) is 198 Å². The number of aromatic hydroxyl groups is 1. The highest BCUT2D eigenvalue weighted by Gasteiger charge is 2.41. The van der Waals surface area contributed by atoms with Crippen molar-refractivity contribution in [1.82, 2.24) is 58.1 Å². The highest BCUT2D eigenvalue weighted by molar-refractivity contribution is 5.99. The average Bonchev–Trinajstić information content (AvgIpc) is 1.63. The van der Waals surface area contributed by atoms with E-state index in [0.717, 1.165) is 11.1 Å². The van der Waals surface area contributed by atoms with E-state index in [4.69, 9.17) is 40.1 Å². The maximum absolute atomic E-state index is 14.8. The number of nitrogens with one attached hydrogen (secondary N) is 10. The van der Waals surface area contributed by atoms with Gasteiger partial charge in [0.05, 0.1) is 19.1 Å². The van der Waals surface area contributed by atoms with Crippen molar-refractivity contribution < 1.29 is 63.0 Å². The molecule has 1 heterocycles. The van der Waals surface area contributed by atoms with E-state index in [2.05, 4.69) is 68.1 Å². The molecule has 3 aromatic carbocycles. The number of benzene rings is 3. The minimum absolute atomic E-state index is 0.00233. The Bertz CT molecular complexity index is 3350. The Labute approximate surface area is 606 Å². The van der Waals surface area contributed by atoms with Crippen LogP contribution in [0.2, 0.25) is 0 Å². The third-order valence-electron chi connectivity index (χ3n) is 17.1. The zero-order valence-corrected chi connectivity index (χ0v) is 59.9. The second kappa shape index (κ2) is 46.1. The molecular weight excluding hydrogens is 1340 g/mol. The Balaban J connectivity index is 1.57. The van der Waals surface area contributed by atoms with Gasteiger partial charge in [-0.25, -0.2) is 4.79 Å². The quantitative estimate of drug-likeness (QED) is 0.0157. The number of nitrogens with zero attached hydrogens (tertiary/aromatic N) is 4. The number of phenolic OH excluding ortho intramolecular Hbond substituents is 1. The number of carbonyl (C=O) groups excluding carboxylic acids is 10. The van der Waals surface area contributed by atoms with Crippen LogP contribution >= 0.6 is 0 Å². The lowest BCUT2D eigenvalue weighted by molar-refractivity contribution is -0.145. The van der Waals surface area contributed by atoms with E-state index in [0.29, 0.717) is 44.3 Å². The maximum atomic E-state index is 14.8.